The molecule has 20 heavy (non-hydrogen) atoms. The molecule has 0 radical (unpaired) electrons. The van der Waals surface area contributed by atoms with Crippen molar-refractivity contribution in [3.63, 3.8) is 0 Å². The number of carbonyl (C=O) groups excluding carboxylic acids is 1. The van der Waals surface area contributed by atoms with E-state index in [4.69, 9.17) is 5.73 Å². The molecule has 0 saturated carbocycles. The Labute approximate surface area is 119 Å². The average Bonchev–Trinajstić information content (AvgIpc) is 2.45. The van der Waals surface area contributed by atoms with Crippen molar-refractivity contribution in [1.29, 1.82) is 0 Å². The first-order valence-electron chi connectivity index (χ1n) is 7.16. The minimum absolute atomic E-state index is 0.273. The number of primary amides is 1. The molecule has 110 valence electrons. The van der Waals surface area contributed by atoms with E-state index in [0.29, 0.717) is 5.92 Å². The van der Waals surface area contributed by atoms with Gasteiger partial charge in [-0.15, -0.1) is 0 Å². The highest BCUT2D eigenvalue weighted by molar-refractivity contribution is 5.98. The van der Waals surface area contributed by atoms with Crippen molar-refractivity contribution in [3.8, 4) is 0 Å². The maximum atomic E-state index is 13.2. The zero-order valence-electron chi connectivity index (χ0n) is 11.9. The van der Waals surface area contributed by atoms with Crippen molar-refractivity contribution in [1.82, 2.24) is 5.32 Å². The van der Waals surface area contributed by atoms with Gasteiger partial charge in [-0.2, -0.15) is 0 Å². The van der Waals surface area contributed by atoms with E-state index in [9.17, 15) is 9.18 Å². The molecule has 1 aliphatic heterocycles. The number of halogens is 1. The number of piperidine rings is 1. The molecule has 4 nitrogen and oxygen atoms in total. The van der Waals surface area contributed by atoms with Crippen LogP contribution in [0.5, 0.6) is 0 Å². The molecule has 0 unspecified atom stereocenters. The molecule has 1 aromatic carbocycles. The summed E-state index contributed by atoms with van der Waals surface area (Å²) in [4.78, 5) is 13.6. The van der Waals surface area contributed by atoms with Gasteiger partial charge in [-0.05, 0) is 50.0 Å². The normalized spacial score (nSPS) is 16.4. The van der Waals surface area contributed by atoms with Gasteiger partial charge in [0.2, 0.25) is 0 Å². The second-order valence-corrected chi connectivity index (χ2v) is 5.26. The highest BCUT2D eigenvalue weighted by atomic mass is 19.1. The largest absolute Gasteiger partial charge is 0.371 e. The molecule has 3 N–H and O–H groups in total. The fourth-order valence-electron chi connectivity index (χ4n) is 2.71. The molecule has 0 bridgehead atoms. The number of amides is 1. The van der Waals surface area contributed by atoms with Gasteiger partial charge >= 0.3 is 0 Å². The molecule has 1 heterocycles. The molecule has 2 rings (SSSR count). The molecular weight excluding hydrogens is 257 g/mol. The monoisotopic (exact) mass is 279 g/mol. The maximum Gasteiger partial charge on any atom is 0.250 e. The van der Waals surface area contributed by atoms with Crippen LogP contribution in [0.15, 0.2) is 18.2 Å². The summed E-state index contributed by atoms with van der Waals surface area (Å²) in [6.07, 6.45) is 2.14. The van der Waals surface area contributed by atoms with E-state index in [1.807, 2.05) is 0 Å². The van der Waals surface area contributed by atoms with Crippen LogP contribution in [0, 0.1) is 11.7 Å². The van der Waals surface area contributed by atoms with Gasteiger partial charge in [-0.1, -0.05) is 6.92 Å². The molecule has 1 fully saturated rings. The van der Waals surface area contributed by atoms with E-state index in [1.165, 1.54) is 12.1 Å². The molecule has 5 heteroatoms. The molecule has 0 aromatic heterocycles. The van der Waals surface area contributed by atoms with Gasteiger partial charge in [0, 0.05) is 18.8 Å². The lowest BCUT2D eigenvalue weighted by atomic mass is 9.95. The van der Waals surface area contributed by atoms with Crippen LogP contribution in [0.1, 0.15) is 30.1 Å². The number of hydrogen-bond donors (Lipinski definition) is 2. The third kappa shape index (κ3) is 3.48. The standard InChI is InChI=1S/C15H22FN3O/c1-2-18-10-11-5-7-19(8-6-11)14-4-3-12(16)9-13(14)15(17)20/h3-4,9,11,18H,2,5-8,10H2,1H3,(H2,17,20). The van der Waals surface area contributed by atoms with Crippen LogP contribution in [-0.2, 0) is 0 Å². The van der Waals surface area contributed by atoms with Crippen molar-refractivity contribution < 1.29 is 9.18 Å². The Morgan fingerprint density at radius 3 is 2.75 bits per heavy atom. The van der Waals surface area contributed by atoms with E-state index in [-0.39, 0.29) is 5.56 Å². The summed E-state index contributed by atoms with van der Waals surface area (Å²) in [7, 11) is 0. The van der Waals surface area contributed by atoms with E-state index in [0.717, 1.165) is 44.7 Å². The Balaban J connectivity index is 2.05. The molecule has 1 amide bonds. The zero-order valence-corrected chi connectivity index (χ0v) is 11.9. The minimum Gasteiger partial charge on any atom is -0.371 e. The number of nitrogens with two attached hydrogens (primary N) is 1. The maximum absolute atomic E-state index is 13.2. The highest BCUT2D eigenvalue weighted by Crippen LogP contribution is 2.26. The van der Waals surface area contributed by atoms with Crippen LogP contribution in [0.4, 0.5) is 10.1 Å². The third-order valence-corrected chi connectivity index (χ3v) is 3.86. The molecule has 0 atom stereocenters. The molecular formula is C15H22FN3O. The molecule has 1 aliphatic rings. The van der Waals surface area contributed by atoms with Gasteiger partial charge in [0.25, 0.3) is 5.91 Å². The van der Waals surface area contributed by atoms with Crippen LogP contribution in [0.25, 0.3) is 0 Å². The Hall–Kier alpha value is -1.62. The SMILES string of the molecule is CCNCC1CCN(c2ccc(F)cc2C(N)=O)CC1. The van der Waals surface area contributed by atoms with Crippen molar-refractivity contribution >= 4 is 11.6 Å². The first kappa shape index (κ1) is 14.8. The van der Waals surface area contributed by atoms with Gasteiger partial charge in [0.1, 0.15) is 5.82 Å². The van der Waals surface area contributed by atoms with Crippen molar-refractivity contribution in [2.24, 2.45) is 11.7 Å². The number of carbonyl (C=O) groups is 1. The summed E-state index contributed by atoms with van der Waals surface area (Å²) in [6.45, 7) is 5.89. The number of hydrogen-bond acceptors (Lipinski definition) is 3. The predicted octanol–water partition coefficient (Wildman–Crippen LogP) is 1.75. The smallest absolute Gasteiger partial charge is 0.250 e. The summed E-state index contributed by atoms with van der Waals surface area (Å²) in [5.41, 5.74) is 6.36. The Bertz CT molecular complexity index is 470. The van der Waals surface area contributed by atoms with Crippen LogP contribution < -0.4 is 16.0 Å². The van der Waals surface area contributed by atoms with Crippen molar-refractivity contribution in [2.75, 3.05) is 31.1 Å². The summed E-state index contributed by atoms with van der Waals surface area (Å²) < 4.78 is 13.2. The number of nitrogens with zero attached hydrogens (tertiary/aromatic N) is 1. The van der Waals surface area contributed by atoms with E-state index in [2.05, 4.69) is 17.1 Å². The number of rotatable bonds is 5. The summed E-state index contributed by atoms with van der Waals surface area (Å²) in [5.74, 6) is -0.331. The Morgan fingerprint density at radius 1 is 1.45 bits per heavy atom. The molecule has 0 spiro atoms. The minimum atomic E-state index is -0.575. The number of nitrogens with one attached hydrogen (secondary N) is 1. The van der Waals surface area contributed by atoms with E-state index in [1.54, 1.807) is 6.07 Å². The summed E-state index contributed by atoms with van der Waals surface area (Å²) in [6, 6.07) is 4.26. The topological polar surface area (TPSA) is 58.4 Å². The zero-order chi connectivity index (χ0) is 14.5. The quantitative estimate of drug-likeness (QED) is 0.863. The van der Waals surface area contributed by atoms with E-state index >= 15 is 0 Å². The highest BCUT2D eigenvalue weighted by Gasteiger charge is 2.22. The van der Waals surface area contributed by atoms with Gasteiger partial charge < -0.3 is 16.0 Å². The van der Waals surface area contributed by atoms with Crippen LogP contribution in [-0.4, -0.2) is 32.1 Å². The first-order valence-corrected chi connectivity index (χ1v) is 7.16. The Kier molecular flexibility index (Phi) is 4.95. The van der Waals surface area contributed by atoms with Gasteiger partial charge in [-0.3, -0.25) is 4.79 Å². The predicted molar refractivity (Wildman–Crippen MR) is 78.4 cm³/mol. The Morgan fingerprint density at radius 2 is 2.15 bits per heavy atom. The molecule has 1 aromatic rings. The molecule has 1 saturated heterocycles. The van der Waals surface area contributed by atoms with E-state index < -0.39 is 11.7 Å². The fourth-order valence-corrected chi connectivity index (χ4v) is 2.71. The van der Waals surface area contributed by atoms with Crippen molar-refractivity contribution in [2.45, 2.75) is 19.8 Å². The first-order chi connectivity index (χ1) is 9.61. The third-order valence-electron chi connectivity index (χ3n) is 3.86. The lowest BCUT2D eigenvalue weighted by Gasteiger charge is -2.34. The van der Waals surface area contributed by atoms with Crippen LogP contribution in [0.2, 0.25) is 0 Å². The summed E-state index contributed by atoms with van der Waals surface area (Å²) in [5, 5.41) is 3.37. The fraction of sp³-hybridized carbons (Fsp3) is 0.533. The summed E-state index contributed by atoms with van der Waals surface area (Å²) >= 11 is 0. The van der Waals surface area contributed by atoms with Gasteiger partial charge in [0.15, 0.2) is 0 Å². The van der Waals surface area contributed by atoms with Crippen molar-refractivity contribution in [3.05, 3.63) is 29.6 Å². The van der Waals surface area contributed by atoms with Crippen LogP contribution >= 0.6 is 0 Å². The van der Waals surface area contributed by atoms with Crippen LogP contribution in [0.3, 0.4) is 0 Å². The number of benzene rings is 1. The van der Waals surface area contributed by atoms with Gasteiger partial charge in [-0.25, -0.2) is 4.39 Å². The lowest BCUT2D eigenvalue weighted by molar-refractivity contribution is 0.1000. The number of anilines is 1. The second-order valence-electron chi connectivity index (χ2n) is 5.26. The lowest BCUT2D eigenvalue weighted by Crippen LogP contribution is -2.38. The second kappa shape index (κ2) is 6.70. The average molecular weight is 279 g/mol. The van der Waals surface area contributed by atoms with Gasteiger partial charge in [0.05, 0.1) is 5.56 Å². The molecule has 0 aliphatic carbocycles.